The van der Waals surface area contributed by atoms with Crippen molar-refractivity contribution in [1.29, 1.82) is 0 Å². The molecule has 1 saturated carbocycles. The number of benzene rings is 1. The molecular formula is C16H16O2. The van der Waals surface area contributed by atoms with Gasteiger partial charge in [-0.1, -0.05) is 6.07 Å². The van der Waals surface area contributed by atoms with E-state index < -0.39 is 0 Å². The molecule has 92 valence electrons. The van der Waals surface area contributed by atoms with Gasteiger partial charge in [0.05, 0.1) is 0 Å². The lowest BCUT2D eigenvalue weighted by atomic mass is 9.71. The largest absolute Gasteiger partial charge is 0.508 e. The summed E-state index contributed by atoms with van der Waals surface area (Å²) < 4.78 is 0. The molecule has 4 rings (SSSR count). The third kappa shape index (κ3) is 1.07. The molecule has 3 aliphatic rings. The Kier molecular flexibility index (Phi) is 1.76. The Bertz CT molecular complexity index is 612. The Morgan fingerprint density at radius 1 is 1.39 bits per heavy atom. The van der Waals surface area contributed by atoms with Crippen LogP contribution in [0.25, 0.3) is 5.57 Å². The van der Waals surface area contributed by atoms with Crippen LogP contribution in [0.5, 0.6) is 5.75 Å². The molecule has 0 aromatic heterocycles. The van der Waals surface area contributed by atoms with Gasteiger partial charge in [-0.05, 0) is 67.0 Å². The van der Waals surface area contributed by atoms with Gasteiger partial charge >= 0.3 is 0 Å². The maximum absolute atomic E-state index is 12.3. The highest BCUT2D eigenvalue weighted by atomic mass is 16.3. The van der Waals surface area contributed by atoms with Gasteiger partial charge in [0.25, 0.3) is 0 Å². The second-order valence-corrected chi connectivity index (χ2v) is 6.10. The summed E-state index contributed by atoms with van der Waals surface area (Å²) in [5.74, 6) is 0.957. The first-order valence-electron chi connectivity index (χ1n) is 6.69. The smallest absolute Gasteiger partial charge is 0.161 e. The fourth-order valence-electron chi connectivity index (χ4n) is 4.48. The van der Waals surface area contributed by atoms with E-state index in [1.54, 1.807) is 6.07 Å². The van der Waals surface area contributed by atoms with E-state index in [4.69, 9.17) is 0 Å². The summed E-state index contributed by atoms with van der Waals surface area (Å²) in [6, 6.07) is 5.61. The third-order valence-electron chi connectivity index (χ3n) is 5.14. The molecule has 2 heteroatoms. The zero-order valence-electron chi connectivity index (χ0n) is 10.5. The molecule has 3 aliphatic carbocycles. The molecule has 0 aliphatic heterocycles. The van der Waals surface area contributed by atoms with E-state index in [2.05, 4.69) is 0 Å². The molecule has 1 aromatic carbocycles. The first-order valence-corrected chi connectivity index (χ1v) is 6.69. The van der Waals surface area contributed by atoms with Gasteiger partial charge in [-0.25, -0.2) is 0 Å². The molecule has 2 bridgehead atoms. The molecule has 1 spiro atoms. The van der Waals surface area contributed by atoms with Crippen molar-refractivity contribution in [3.05, 3.63) is 34.9 Å². The van der Waals surface area contributed by atoms with Gasteiger partial charge in [0, 0.05) is 11.3 Å². The first-order chi connectivity index (χ1) is 8.61. The number of Topliss-reactive ketones (excluding diaryl/α,β-unsaturated/α-hetero) is 1. The monoisotopic (exact) mass is 240 g/mol. The van der Waals surface area contributed by atoms with Crippen molar-refractivity contribution < 1.29 is 9.90 Å². The van der Waals surface area contributed by atoms with Crippen LogP contribution in [-0.2, 0) is 11.2 Å². The quantitative estimate of drug-likeness (QED) is 0.756. The minimum atomic E-state index is 0.207. The zero-order chi connectivity index (χ0) is 12.5. The SMILES string of the molecule is CC1=C2c3ccc(O)cc3C[C@]23CC[C@H](C3)C1=O. The van der Waals surface area contributed by atoms with E-state index in [-0.39, 0.29) is 11.3 Å². The topological polar surface area (TPSA) is 37.3 Å². The van der Waals surface area contributed by atoms with Crippen LogP contribution in [-0.4, -0.2) is 10.9 Å². The number of allylic oxidation sites excluding steroid dienone is 2. The second-order valence-electron chi connectivity index (χ2n) is 6.10. The number of ketones is 1. The Morgan fingerprint density at radius 2 is 2.22 bits per heavy atom. The number of carbonyl (C=O) groups excluding carboxylic acids is 1. The number of hydrogen-bond acceptors (Lipinski definition) is 2. The summed E-state index contributed by atoms with van der Waals surface area (Å²) in [7, 11) is 0. The number of phenols is 1. The van der Waals surface area contributed by atoms with E-state index in [9.17, 15) is 9.90 Å². The predicted octanol–water partition coefficient (Wildman–Crippen LogP) is 3.09. The van der Waals surface area contributed by atoms with Gasteiger partial charge in [0.2, 0.25) is 0 Å². The van der Waals surface area contributed by atoms with Crippen molar-refractivity contribution in [3.63, 3.8) is 0 Å². The molecule has 0 saturated heterocycles. The van der Waals surface area contributed by atoms with Crippen molar-refractivity contribution >= 4 is 11.4 Å². The van der Waals surface area contributed by atoms with Crippen LogP contribution in [0.2, 0.25) is 0 Å². The standard InChI is InChI=1S/C16H16O2/c1-9-14-13-3-2-12(17)6-11(13)8-16(14)5-4-10(7-16)15(9)18/h2-3,6,10,17H,4-5,7-8H2,1H3/t10-,16-/m1/s1. The van der Waals surface area contributed by atoms with Gasteiger partial charge in [-0.2, -0.15) is 0 Å². The van der Waals surface area contributed by atoms with Crippen LogP contribution in [0.1, 0.15) is 37.3 Å². The molecule has 0 heterocycles. The molecule has 1 N–H and O–H groups in total. The Hall–Kier alpha value is -1.57. The van der Waals surface area contributed by atoms with Crippen LogP contribution in [0.4, 0.5) is 0 Å². The highest BCUT2D eigenvalue weighted by Gasteiger charge is 2.53. The molecule has 1 aromatic rings. The van der Waals surface area contributed by atoms with Gasteiger partial charge in [-0.3, -0.25) is 4.79 Å². The molecule has 1 fully saturated rings. The lowest BCUT2D eigenvalue weighted by Gasteiger charge is -2.31. The van der Waals surface area contributed by atoms with Gasteiger partial charge < -0.3 is 5.11 Å². The molecule has 2 nitrogen and oxygen atoms in total. The molecule has 0 amide bonds. The maximum atomic E-state index is 12.3. The van der Waals surface area contributed by atoms with Crippen molar-refractivity contribution in [2.24, 2.45) is 11.3 Å². The van der Waals surface area contributed by atoms with Gasteiger partial charge in [-0.15, -0.1) is 0 Å². The maximum Gasteiger partial charge on any atom is 0.161 e. The molecular weight excluding hydrogens is 224 g/mol. The number of phenolic OH excluding ortho intramolecular Hbond substituents is 1. The van der Waals surface area contributed by atoms with Gasteiger partial charge in [0.1, 0.15) is 5.75 Å². The number of aromatic hydroxyl groups is 1. The van der Waals surface area contributed by atoms with Crippen molar-refractivity contribution in [3.8, 4) is 5.75 Å². The lowest BCUT2D eigenvalue weighted by molar-refractivity contribution is -0.119. The molecule has 18 heavy (non-hydrogen) atoms. The highest BCUT2D eigenvalue weighted by Crippen LogP contribution is 2.62. The number of carbonyl (C=O) groups is 1. The number of hydrogen-bond donors (Lipinski definition) is 1. The van der Waals surface area contributed by atoms with E-state index >= 15 is 0 Å². The number of fused-ring (bicyclic) bond motifs is 3. The van der Waals surface area contributed by atoms with Crippen molar-refractivity contribution in [2.45, 2.75) is 32.6 Å². The summed E-state index contributed by atoms with van der Waals surface area (Å²) in [5, 5.41) is 9.63. The lowest BCUT2D eigenvalue weighted by Crippen LogP contribution is -2.26. The second kappa shape index (κ2) is 3.05. The van der Waals surface area contributed by atoms with E-state index in [1.165, 1.54) is 16.7 Å². The zero-order valence-corrected chi connectivity index (χ0v) is 10.5. The fourth-order valence-corrected chi connectivity index (χ4v) is 4.48. The van der Waals surface area contributed by atoms with Gasteiger partial charge in [0.15, 0.2) is 5.78 Å². The average Bonchev–Trinajstić information content (AvgIpc) is 2.86. The average molecular weight is 240 g/mol. The van der Waals surface area contributed by atoms with E-state index in [0.29, 0.717) is 11.5 Å². The predicted molar refractivity (Wildman–Crippen MR) is 69.2 cm³/mol. The van der Waals surface area contributed by atoms with Crippen LogP contribution in [0.15, 0.2) is 23.8 Å². The third-order valence-corrected chi connectivity index (χ3v) is 5.14. The van der Waals surface area contributed by atoms with Crippen LogP contribution in [0, 0.1) is 11.3 Å². The number of rotatable bonds is 0. The Morgan fingerprint density at radius 3 is 3.06 bits per heavy atom. The molecule has 0 radical (unpaired) electrons. The van der Waals surface area contributed by atoms with E-state index in [0.717, 1.165) is 31.3 Å². The Labute approximate surface area is 106 Å². The summed E-state index contributed by atoms with van der Waals surface area (Å²) in [6.07, 6.45) is 4.20. The minimum Gasteiger partial charge on any atom is -0.508 e. The summed E-state index contributed by atoms with van der Waals surface area (Å²) in [5.41, 5.74) is 4.90. The summed E-state index contributed by atoms with van der Waals surface area (Å²) >= 11 is 0. The van der Waals surface area contributed by atoms with Crippen LogP contribution in [0.3, 0.4) is 0 Å². The molecule has 2 atom stereocenters. The normalized spacial score (nSPS) is 32.7. The fraction of sp³-hybridized carbons (Fsp3) is 0.438. The van der Waals surface area contributed by atoms with Crippen LogP contribution < -0.4 is 0 Å². The van der Waals surface area contributed by atoms with Crippen LogP contribution >= 0.6 is 0 Å². The van der Waals surface area contributed by atoms with E-state index in [1.807, 2.05) is 19.1 Å². The highest BCUT2D eigenvalue weighted by molar-refractivity contribution is 6.08. The minimum absolute atomic E-state index is 0.207. The summed E-state index contributed by atoms with van der Waals surface area (Å²) in [4.78, 5) is 12.3. The molecule has 0 unspecified atom stereocenters. The first kappa shape index (κ1) is 10.4. The Balaban J connectivity index is 2.01. The summed E-state index contributed by atoms with van der Waals surface area (Å²) in [6.45, 7) is 1.99. The van der Waals surface area contributed by atoms with Crippen molar-refractivity contribution in [1.82, 2.24) is 0 Å². The van der Waals surface area contributed by atoms with Crippen molar-refractivity contribution in [2.75, 3.05) is 0 Å².